The first-order valence-corrected chi connectivity index (χ1v) is 12.4. The summed E-state index contributed by atoms with van der Waals surface area (Å²) < 4.78 is 16.8. The van der Waals surface area contributed by atoms with Crippen molar-refractivity contribution in [2.24, 2.45) is 4.99 Å². The molecule has 1 saturated heterocycles. The van der Waals surface area contributed by atoms with Gasteiger partial charge in [-0.1, -0.05) is 71.1 Å². The Hall–Kier alpha value is -2.62. The molecule has 172 valence electrons. The molecule has 2 heterocycles. The average Bonchev–Trinajstić information content (AvgIpc) is 3.12. The van der Waals surface area contributed by atoms with Crippen molar-refractivity contribution in [3.63, 3.8) is 0 Å². The second-order valence-electron chi connectivity index (χ2n) is 8.51. The molecule has 0 radical (unpaired) electrons. The minimum atomic E-state index is -0.606. The van der Waals surface area contributed by atoms with Gasteiger partial charge in [-0.05, 0) is 35.1 Å². The van der Waals surface area contributed by atoms with E-state index in [4.69, 9.17) is 14.2 Å². The van der Waals surface area contributed by atoms with Crippen LogP contribution in [0, 0.1) is 0 Å². The van der Waals surface area contributed by atoms with Gasteiger partial charge in [0.05, 0.1) is 7.11 Å². The Balaban J connectivity index is 1.29. The molecule has 1 amide bonds. The molecule has 2 aromatic rings. The SMILES string of the molecule is COC(=O)[C@@H]1C[C@H]2OC(=N1)[C@@H](NC(=O)OCC1c3ccccc3-c3ccccc31)CC[C@H]2I. The molecule has 0 saturated carbocycles. The number of carbonyl (C=O) groups excluding carboxylic acids is 2. The number of aliphatic imine (C=N–C) groups is 1. The van der Waals surface area contributed by atoms with E-state index in [0.29, 0.717) is 18.7 Å². The van der Waals surface area contributed by atoms with Crippen LogP contribution in [-0.2, 0) is 19.0 Å². The molecule has 0 unspecified atom stereocenters. The normalized spacial score (nSPS) is 25.6. The van der Waals surface area contributed by atoms with E-state index in [9.17, 15) is 9.59 Å². The number of carbonyl (C=O) groups is 2. The van der Waals surface area contributed by atoms with Gasteiger partial charge in [-0.15, -0.1) is 0 Å². The first-order chi connectivity index (χ1) is 16.0. The van der Waals surface area contributed by atoms with Crippen molar-refractivity contribution in [2.75, 3.05) is 13.7 Å². The molecule has 8 heteroatoms. The summed E-state index contributed by atoms with van der Waals surface area (Å²) in [4.78, 5) is 29.3. The van der Waals surface area contributed by atoms with Crippen molar-refractivity contribution in [3.05, 3.63) is 59.7 Å². The molecule has 4 atom stereocenters. The van der Waals surface area contributed by atoms with Crippen LogP contribution in [0.15, 0.2) is 53.5 Å². The van der Waals surface area contributed by atoms with Crippen molar-refractivity contribution < 1.29 is 23.8 Å². The summed E-state index contributed by atoms with van der Waals surface area (Å²) >= 11 is 2.34. The zero-order valence-corrected chi connectivity index (χ0v) is 20.4. The highest BCUT2D eigenvalue weighted by atomic mass is 127. The number of nitrogens with zero attached hydrogens (tertiary/aromatic N) is 1. The topological polar surface area (TPSA) is 86.2 Å². The Morgan fingerprint density at radius 3 is 2.42 bits per heavy atom. The van der Waals surface area contributed by atoms with Crippen molar-refractivity contribution in [2.45, 2.75) is 47.3 Å². The number of alkyl halides is 1. The number of methoxy groups -OCH3 is 1. The first-order valence-electron chi connectivity index (χ1n) is 11.1. The van der Waals surface area contributed by atoms with E-state index in [1.54, 1.807) is 0 Å². The molecule has 1 N–H and O–H groups in total. The fourth-order valence-corrected chi connectivity index (χ4v) is 5.69. The third-order valence-corrected chi connectivity index (χ3v) is 7.98. The molecule has 1 aliphatic carbocycles. The highest BCUT2D eigenvalue weighted by Crippen LogP contribution is 2.44. The molecule has 0 spiro atoms. The van der Waals surface area contributed by atoms with Crippen molar-refractivity contribution >= 4 is 40.6 Å². The Morgan fingerprint density at radius 2 is 1.76 bits per heavy atom. The number of rotatable bonds is 4. The molecule has 2 aliphatic heterocycles. The lowest BCUT2D eigenvalue weighted by molar-refractivity contribution is -0.143. The predicted molar refractivity (Wildman–Crippen MR) is 132 cm³/mol. The van der Waals surface area contributed by atoms with E-state index >= 15 is 0 Å². The Kier molecular flexibility index (Phi) is 6.27. The Bertz CT molecular complexity index is 1060. The Labute approximate surface area is 206 Å². The van der Waals surface area contributed by atoms with Crippen LogP contribution in [0.2, 0.25) is 0 Å². The minimum Gasteiger partial charge on any atom is -0.475 e. The van der Waals surface area contributed by atoms with Crippen molar-refractivity contribution in [1.82, 2.24) is 5.32 Å². The summed E-state index contributed by atoms with van der Waals surface area (Å²) in [5.74, 6) is -0.00659. The maximum absolute atomic E-state index is 12.8. The van der Waals surface area contributed by atoms with Crippen molar-refractivity contribution in [3.8, 4) is 11.1 Å². The lowest BCUT2D eigenvalue weighted by Gasteiger charge is -2.29. The van der Waals surface area contributed by atoms with Crippen LogP contribution in [0.25, 0.3) is 11.1 Å². The standard InChI is InChI=1S/C25H25IN2O5/c1-31-24(29)21-12-22-19(26)10-11-20(23(27-21)33-22)28-25(30)32-13-18-16-8-4-2-6-14(16)15-7-3-5-9-17(15)18/h2-9,18-22H,10-13H2,1H3,(H,28,30)/t19-,20+,21+,22-/m1/s1. The number of hydrogen-bond donors (Lipinski definition) is 1. The summed E-state index contributed by atoms with van der Waals surface area (Å²) in [6, 6.07) is 15.4. The summed E-state index contributed by atoms with van der Waals surface area (Å²) in [6.45, 7) is 0.238. The number of amides is 1. The fraction of sp³-hybridized carbons (Fsp3) is 0.400. The summed E-state index contributed by atoms with van der Waals surface area (Å²) in [5.41, 5.74) is 4.70. The highest BCUT2D eigenvalue weighted by molar-refractivity contribution is 14.1. The largest absolute Gasteiger partial charge is 0.475 e. The van der Waals surface area contributed by atoms with E-state index < -0.39 is 18.2 Å². The van der Waals surface area contributed by atoms with E-state index in [1.807, 2.05) is 24.3 Å². The number of ether oxygens (including phenoxy) is 3. The van der Waals surface area contributed by atoms with Crippen LogP contribution in [0.3, 0.4) is 0 Å². The van der Waals surface area contributed by atoms with Gasteiger partial charge in [0.25, 0.3) is 0 Å². The zero-order valence-electron chi connectivity index (χ0n) is 18.2. The second kappa shape index (κ2) is 9.32. The first kappa shape index (κ1) is 22.2. The zero-order chi connectivity index (χ0) is 22.9. The van der Waals surface area contributed by atoms with Gasteiger partial charge in [0.15, 0.2) is 6.04 Å². The van der Waals surface area contributed by atoms with Crippen LogP contribution in [0.5, 0.6) is 0 Å². The highest BCUT2D eigenvalue weighted by Gasteiger charge is 2.40. The maximum Gasteiger partial charge on any atom is 0.407 e. The number of fused-ring (bicyclic) bond motifs is 5. The van der Waals surface area contributed by atoms with Gasteiger partial charge in [0, 0.05) is 16.3 Å². The Morgan fingerprint density at radius 1 is 1.09 bits per heavy atom. The number of halogens is 1. The van der Waals surface area contributed by atoms with Gasteiger partial charge in [0.2, 0.25) is 5.90 Å². The molecule has 2 bridgehead atoms. The van der Waals surface area contributed by atoms with Gasteiger partial charge < -0.3 is 19.5 Å². The van der Waals surface area contributed by atoms with E-state index in [0.717, 1.165) is 17.5 Å². The molecule has 3 aliphatic rings. The van der Waals surface area contributed by atoms with Gasteiger partial charge in [-0.2, -0.15) is 0 Å². The van der Waals surface area contributed by atoms with Crippen LogP contribution in [-0.4, -0.2) is 53.8 Å². The smallest absolute Gasteiger partial charge is 0.407 e. The van der Waals surface area contributed by atoms with Crippen LogP contribution >= 0.6 is 22.6 Å². The minimum absolute atomic E-state index is 0.00707. The molecule has 0 aromatic heterocycles. The molecule has 33 heavy (non-hydrogen) atoms. The van der Waals surface area contributed by atoms with E-state index in [2.05, 4.69) is 57.2 Å². The summed E-state index contributed by atoms with van der Waals surface area (Å²) in [6.07, 6.45) is 1.35. The maximum atomic E-state index is 12.8. The van der Waals surface area contributed by atoms with Crippen LogP contribution in [0.4, 0.5) is 4.79 Å². The fourth-order valence-electron chi connectivity index (χ4n) is 4.89. The number of esters is 1. The molecule has 7 nitrogen and oxygen atoms in total. The summed E-state index contributed by atoms with van der Waals surface area (Å²) in [5, 5.41) is 2.91. The van der Waals surface area contributed by atoms with Gasteiger partial charge in [-0.3, -0.25) is 0 Å². The quantitative estimate of drug-likeness (QED) is 0.344. The van der Waals surface area contributed by atoms with Crippen molar-refractivity contribution in [1.29, 1.82) is 0 Å². The molecule has 2 aromatic carbocycles. The monoisotopic (exact) mass is 560 g/mol. The molecular weight excluding hydrogens is 535 g/mol. The second-order valence-corrected chi connectivity index (χ2v) is 10.1. The number of hydrogen-bond acceptors (Lipinski definition) is 6. The predicted octanol–water partition coefficient (Wildman–Crippen LogP) is 4.22. The third kappa shape index (κ3) is 4.32. The molecule has 5 rings (SSSR count). The number of alkyl carbamates (subject to hydrolysis) is 1. The molecule has 1 fully saturated rings. The van der Waals surface area contributed by atoms with Gasteiger partial charge in [0.1, 0.15) is 18.8 Å². The van der Waals surface area contributed by atoms with Crippen LogP contribution in [0.1, 0.15) is 36.3 Å². The van der Waals surface area contributed by atoms with Gasteiger partial charge in [-0.25, -0.2) is 14.6 Å². The average molecular weight is 560 g/mol. The lowest BCUT2D eigenvalue weighted by atomic mass is 9.98. The van der Waals surface area contributed by atoms with Crippen LogP contribution < -0.4 is 5.32 Å². The summed E-state index contributed by atoms with van der Waals surface area (Å²) in [7, 11) is 1.36. The molecular formula is C25H25IN2O5. The third-order valence-electron chi connectivity index (χ3n) is 6.55. The number of benzene rings is 2. The van der Waals surface area contributed by atoms with E-state index in [-0.39, 0.29) is 28.5 Å². The van der Waals surface area contributed by atoms with E-state index in [1.165, 1.54) is 18.2 Å². The van der Waals surface area contributed by atoms with Gasteiger partial charge >= 0.3 is 12.1 Å². The number of nitrogens with one attached hydrogen (secondary N) is 1. The lowest BCUT2D eigenvalue weighted by Crippen LogP contribution is -2.46.